The summed E-state index contributed by atoms with van der Waals surface area (Å²) in [4.78, 5) is 15.4. The van der Waals surface area contributed by atoms with Crippen LogP contribution in [0.3, 0.4) is 0 Å². The highest BCUT2D eigenvalue weighted by molar-refractivity contribution is 7.98. The van der Waals surface area contributed by atoms with Crippen LogP contribution in [0.2, 0.25) is 0 Å². The van der Waals surface area contributed by atoms with E-state index in [1.54, 1.807) is 12.3 Å². The highest BCUT2D eigenvalue weighted by atomic mass is 32.2. The van der Waals surface area contributed by atoms with Gasteiger partial charge in [0.25, 0.3) is 0 Å². The maximum Gasteiger partial charge on any atom is 0.187 e. The number of rotatable bonds is 5. The lowest BCUT2D eigenvalue weighted by Gasteiger charge is -2.28. The first kappa shape index (κ1) is 20.5. The molecule has 0 aliphatic carbocycles. The molecule has 7 nitrogen and oxygen atoms in total. The SMILES string of the molecule is COc1cc(OC)c(F)c(-c2cc3cnc(SC)nc3c(N3CCCOC3)n2)c1F. The van der Waals surface area contributed by atoms with E-state index in [0.717, 1.165) is 6.42 Å². The first-order valence-corrected chi connectivity index (χ1v) is 10.4. The Morgan fingerprint density at radius 2 is 1.83 bits per heavy atom. The molecule has 0 unspecified atom stereocenters. The summed E-state index contributed by atoms with van der Waals surface area (Å²) in [6.45, 7) is 1.66. The van der Waals surface area contributed by atoms with Gasteiger partial charge in [0.1, 0.15) is 12.2 Å². The summed E-state index contributed by atoms with van der Waals surface area (Å²) in [5, 5.41) is 1.19. The van der Waals surface area contributed by atoms with Gasteiger partial charge in [-0.3, -0.25) is 0 Å². The monoisotopic (exact) mass is 434 g/mol. The van der Waals surface area contributed by atoms with E-state index in [1.165, 1.54) is 32.0 Å². The van der Waals surface area contributed by atoms with E-state index in [9.17, 15) is 0 Å². The van der Waals surface area contributed by atoms with Gasteiger partial charge in [-0.25, -0.2) is 23.7 Å². The van der Waals surface area contributed by atoms with Crippen LogP contribution in [0, 0.1) is 11.6 Å². The smallest absolute Gasteiger partial charge is 0.187 e. The number of anilines is 1. The van der Waals surface area contributed by atoms with Gasteiger partial charge in [0.15, 0.2) is 34.1 Å². The van der Waals surface area contributed by atoms with Gasteiger partial charge >= 0.3 is 0 Å². The molecule has 0 radical (unpaired) electrons. The van der Waals surface area contributed by atoms with Crippen molar-refractivity contribution < 1.29 is 23.0 Å². The predicted octanol–water partition coefficient (Wildman–Crippen LogP) is 3.89. The molecule has 10 heteroatoms. The Hall–Kier alpha value is -2.72. The molecular formula is C20H20F2N4O3S. The largest absolute Gasteiger partial charge is 0.494 e. The van der Waals surface area contributed by atoms with Crippen molar-refractivity contribution in [3.63, 3.8) is 0 Å². The summed E-state index contributed by atoms with van der Waals surface area (Å²) in [7, 11) is 2.61. The van der Waals surface area contributed by atoms with Gasteiger partial charge in [-0.15, -0.1) is 0 Å². The Labute approximate surface area is 176 Å². The van der Waals surface area contributed by atoms with Crippen LogP contribution < -0.4 is 14.4 Å². The van der Waals surface area contributed by atoms with Crippen LogP contribution in [0.15, 0.2) is 23.5 Å². The van der Waals surface area contributed by atoms with Gasteiger partial charge in [0.05, 0.1) is 32.1 Å². The molecule has 30 heavy (non-hydrogen) atoms. The van der Waals surface area contributed by atoms with Crippen molar-refractivity contribution in [2.75, 3.05) is 45.3 Å². The first-order valence-electron chi connectivity index (χ1n) is 9.22. The number of hydrogen-bond acceptors (Lipinski definition) is 8. The molecule has 1 saturated heterocycles. The average Bonchev–Trinajstić information content (AvgIpc) is 2.79. The molecule has 0 bridgehead atoms. The standard InChI is InChI=1S/C20H20F2N4O3S/c1-27-13-8-14(28-2)17(22)15(16(13)21)12-7-11-9-23-20(30-3)25-18(11)19(24-12)26-5-4-6-29-10-26/h7-9H,4-6,10H2,1-3H3. The molecule has 0 atom stereocenters. The summed E-state index contributed by atoms with van der Waals surface area (Å²) < 4.78 is 45.9. The summed E-state index contributed by atoms with van der Waals surface area (Å²) in [6.07, 6.45) is 4.31. The molecule has 158 valence electrons. The number of hydrogen-bond donors (Lipinski definition) is 0. The van der Waals surface area contributed by atoms with E-state index in [4.69, 9.17) is 14.2 Å². The highest BCUT2D eigenvalue weighted by Gasteiger charge is 2.25. The van der Waals surface area contributed by atoms with E-state index in [2.05, 4.69) is 15.0 Å². The lowest BCUT2D eigenvalue weighted by atomic mass is 10.1. The Kier molecular flexibility index (Phi) is 5.87. The number of nitrogens with zero attached hydrogens (tertiary/aromatic N) is 4. The summed E-state index contributed by atoms with van der Waals surface area (Å²) >= 11 is 1.40. The average molecular weight is 434 g/mol. The molecule has 1 fully saturated rings. The van der Waals surface area contributed by atoms with E-state index >= 15 is 8.78 Å². The lowest BCUT2D eigenvalue weighted by Crippen LogP contribution is -2.34. The molecule has 1 aliphatic heterocycles. The number of halogens is 2. The molecule has 3 aromatic rings. The van der Waals surface area contributed by atoms with Crippen LogP contribution in [0.5, 0.6) is 11.5 Å². The minimum atomic E-state index is -0.856. The molecule has 0 saturated carbocycles. The third-order valence-corrected chi connectivity index (χ3v) is 5.36. The van der Waals surface area contributed by atoms with E-state index in [-0.39, 0.29) is 22.8 Å². The molecular weight excluding hydrogens is 414 g/mol. The van der Waals surface area contributed by atoms with Crippen molar-refractivity contribution in [3.8, 4) is 22.8 Å². The van der Waals surface area contributed by atoms with Crippen molar-refractivity contribution in [1.29, 1.82) is 0 Å². The fourth-order valence-electron chi connectivity index (χ4n) is 3.33. The second-order valence-electron chi connectivity index (χ2n) is 6.56. The zero-order valence-corrected chi connectivity index (χ0v) is 17.6. The number of aromatic nitrogens is 3. The molecule has 0 spiro atoms. The molecule has 0 amide bonds. The molecule has 0 N–H and O–H groups in total. The minimum absolute atomic E-state index is 0.0933. The fourth-order valence-corrected chi connectivity index (χ4v) is 3.67. The third kappa shape index (κ3) is 3.61. The number of ether oxygens (including phenoxy) is 3. The number of thioether (sulfide) groups is 1. The minimum Gasteiger partial charge on any atom is -0.494 e. The van der Waals surface area contributed by atoms with Gasteiger partial charge in [-0.05, 0) is 18.7 Å². The first-order chi connectivity index (χ1) is 14.6. The van der Waals surface area contributed by atoms with Crippen LogP contribution >= 0.6 is 11.8 Å². The van der Waals surface area contributed by atoms with E-state index < -0.39 is 11.6 Å². The number of methoxy groups -OCH3 is 2. The van der Waals surface area contributed by atoms with Gasteiger partial charge < -0.3 is 19.1 Å². The van der Waals surface area contributed by atoms with E-state index in [0.29, 0.717) is 41.8 Å². The zero-order valence-electron chi connectivity index (χ0n) is 16.7. The highest BCUT2D eigenvalue weighted by Crippen LogP contribution is 2.39. The number of benzene rings is 1. The Morgan fingerprint density at radius 1 is 1.10 bits per heavy atom. The van der Waals surface area contributed by atoms with Gasteiger partial charge in [-0.2, -0.15) is 0 Å². The van der Waals surface area contributed by atoms with Gasteiger partial charge in [-0.1, -0.05) is 11.8 Å². The quantitative estimate of drug-likeness (QED) is 0.443. The van der Waals surface area contributed by atoms with Crippen molar-refractivity contribution >= 4 is 28.5 Å². The predicted molar refractivity (Wildman–Crippen MR) is 110 cm³/mol. The fraction of sp³-hybridized carbons (Fsp3) is 0.350. The van der Waals surface area contributed by atoms with Crippen molar-refractivity contribution in [3.05, 3.63) is 30.0 Å². The number of fused-ring (bicyclic) bond motifs is 1. The molecule has 3 heterocycles. The maximum atomic E-state index is 15.1. The Balaban J connectivity index is 1.99. The normalized spacial score (nSPS) is 14.2. The van der Waals surface area contributed by atoms with Crippen LogP contribution in [0.1, 0.15) is 6.42 Å². The van der Waals surface area contributed by atoms with E-state index in [1.807, 2.05) is 11.2 Å². The van der Waals surface area contributed by atoms with Crippen molar-refractivity contribution in [2.45, 2.75) is 11.6 Å². The summed E-state index contributed by atoms with van der Waals surface area (Å²) in [5.41, 5.74) is 0.358. The Morgan fingerprint density at radius 3 is 2.43 bits per heavy atom. The molecule has 1 aromatic carbocycles. The lowest BCUT2D eigenvalue weighted by molar-refractivity contribution is 0.107. The van der Waals surface area contributed by atoms with Crippen LogP contribution in [-0.2, 0) is 4.74 Å². The topological polar surface area (TPSA) is 69.6 Å². The maximum absolute atomic E-state index is 15.1. The summed E-state index contributed by atoms with van der Waals surface area (Å²) in [5.74, 6) is -1.50. The second kappa shape index (κ2) is 8.57. The zero-order chi connectivity index (χ0) is 21.3. The second-order valence-corrected chi connectivity index (χ2v) is 7.34. The van der Waals surface area contributed by atoms with Crippen LogP contribution in [-0.4, -0.2) is 55.3 Å². The van der Waals surface area contributed by atoms with Gasteiger partial charge in [0, 0.05) is 24.2 Å². The van der Waals surface area contributed by atoms with Crippen LogP contribution in [0.4, 0.5) is 14.6 Å². The molecule has 4 rings (SSSR count). The van der Waals surface area contributed by atoms with Crippen molar-refractivity contribution in [1.82, 2.24) is 15.0 Å². The summed E-state index contributed by atoms with van der Waals surface area (Å²) in [6, 6.07) is 2.73. The van der Waals surface area contributed by atoms with Crippen LogP contribution in [0.25, 0.3) is 22.2 Å². The Bertz CT molecular complexity index is 1070. The molecule has 1 aliphatic rings. The van der Waals surface area contributed by atoms with Gasteiger partial charge in [0.2, 0.25) is 0 Å². The van der Waals surface area contributed by atoms with Crippen molar-refractivity contribution in [2.24, 2.45) is 0 Å². The third-order valence-electron chi connectivity index (χ3n) is 4.80. The number of pyridine rings is 1. The molecule has 2 aromatic heterocycles.